The molecule has 1 aromatic carbocycles. The highest BCUT2D eigenvalue weighted by molar-refractivity contribution is 5.42. The van der Waals surface area contributed by atoms with Gasteiger partial charge in [0.25, 0.3) is 0 Å². The van der Waals surface area contributed by atoms with Crippen LogP contribution in [0.3, 0.4) is 0 Å². The van der Waals surface area contributed by atoms with E-state index in [0.29, 0.717) is 11.7 Å². The number of benzene rings is 1. The molecule has 0 radical (unpaired) electrons. The van der Waals surface area contributed by atoms with Crippen molar-refractivity contribution in [1.82, 2.24) is 0 Å². The third kappa shape index (κ3) is 3.76. The molecule has 18 heavy (non-hydrogen) atoms. The van der Waals surface area contributed by atoms with E-state index in [2.05, 4.69) is 54.5 Å². The fourth-order valence-electron chi connectivity index (χ4n) is 2.88. The number of rotatable bonds is 3. The van der Waals surface area contributed by atoms with Crippen LogP contribution in [0.2, 0.25) is 0 Å². The average molecular weight is 248 g/mol. The van der Waals surface area contributed by atoms with Gasteiger partial charge in [-0.3, -0.25) is 0 Å². The molecule has 0 aliphatic carbocycles. The highest BCUT2D eigenvalue weighted by atomic mass is 16.3. The lowest BCUT2D eigenvalue weighted by atomic mass is 9.71. The Kier molecular flexibility index (Phi) is 4.15. The Morgan fingerprint density at radius 2 is 1.61 bits per heavy atom. The predicted octanol–water partition coefficient (Wildman–Crippen LogP) is 5.23. The van der Waals surface area contributed by atoms with Crippen LogP contribution >= 0.6 is 0 Å². The molecular formula is C17H28O. The Hall–Kier alpha value is -0.980. The predicted molar refractivity (Wildman–Crippen MR) is 79.3 cm³/mol. The van der Waals surface area contributed by atoms with Crippen molar-refractivity contribution >= 4 is 0 Å². The normalized spacial score (nSPS) is 13.1. The Bertz CT molecular complexity index is 408. The molecule has 0 atom stereocenters. The summed E-state index contributed by atoms with van der Waals surface area (Å²) in [5, 5.41) is 10.1. The topological polar surface area (TPSA) is 20.2 Å². The minimum absolute atomic E-state index is 0.00671. The number of phenolic OH excluding ortho intramolecular Hbond substituents is 1. The van der Waals surface area contributed by atoms with Crippen molar-refractivity contribution in [2.45, 2.75) is 66.2 Å². The Balaban J connectivity index is 3.18. The second kappa shape index (κ2) is 4.95. The summed E-state index contributed by atoms with van der Waals surface area (Å²) in [6.07, 6.45) is 1.05. The van der Waals surface area contributed by atoms with E-state index >= 15 is 0 Å². The maximum absolute atomic E-state index is 10.1. The molecule has 0 heterocycles. The van der Waals surface area contributed by atoms with Gasteiger partial charge in [-0.05, 0) is 40.4 Å². The first-order valence-corrected chi connectivity index (χ1v) is 6.86. The van der Waals surface area contributed by atoms with E-state index < -0.39 is 0 Å². The quantitative estimate of drug-likeness (QED) is 0.776. The van der Waals surface area contributed by atoms with Gasteiger partial charge < -0.3 is 5.11 Å². The van der Waals surface area contributed by atoms with E-state index in [1.807, 2.05) is 12.1 Å². The first kappa shape index (κ1) is 15.1. The second-order valence-corrected chi connectivity index (χ2v) is 7.55. The highest BCUT2D eigenvalue weighted by Crippen LogP contribution is 2.40. The molecule has 1 aromatic rings. The first-order chi connectivity index (χ1) is 8.03. The molecule has 0 bridgehead atoms. The highest BCUT2D eigenvalue weighted by Gasteiger charge is 2.29. The third-order valence-corrected chi connectivity index (χ3v) is 3.39. The zero-order chi connectivity index (χ0) is 14.1. The molecular weight excluding hydrogens is 220 g/mol. The lowest BCUT2D eigenvalue weighted by Crippen LogP contribution is -2.25. The fraction of sp³-hybridized carbons (Fsp3) is 0.647. The molecule has 1 nitrogen and oxygen atoms in total. The first-order valence-electron chi connectivity index (χ1n) is 6.86. The van der Waals surface area contributed by atoms with Gasteiger partial charge in [-0.2, -0.15) is 0 Å². The number of aromatic hydroxyl groups is 1. The summed E-state index contributed by atoms with van der Waals surface area (Å²) >= 11 is 0. The van der Waals surface area contributed by atoms with Crippen LogP contribution in [0.5, 0.6) is 5.75 Å². The van der Waals surface area contributed by atoms with E-state index in [4.69, 9.17) is 0 Å². The summed E-state index contributed by atoms with van der Waals surface area (Å²) in [7, 11) is 0. The summed E-state index contributed by atoms with van der Waals surface area (Å²) in [6, 6.07) is 6.04. The van der Waals surface area contributed by atoms with Crippen LogP contribution in [0.4, 0.5) is 0 Å². The standard InChI is InChI=1S/C17H28O/c1-12(2)13-8-9-15(18)14(10-13)17(6,7)11-16(3,4)5/h8-10,12,18H,11H2,1-7H3. The van der Waals surface area contributed by atoms with Gasteiger partial charge in [-0.15, -0.1) is 0 Å². The van der Waals surface area contributed by atoms with Gasteiger partial charge in [-0.25, -0.2) is 0 Å². The van der Waals surface area contributed by atoms with Crippen LogP contribution < -0.4 is 0 Å². The lowest BCUT2D eigenvalue weighted by Gasteiger charge is -2.33. The zero-order valence-electron chi connectivity index (χ0n) is 13.0. The molecule has 0 amide bonds. The molecule has 0 saturated heterocycles. The average Bonchev–Trinajstić information content (AvgIpc) is 2.13. The molecule has 0 unspecified atom stereocenters. The molecule has 0 fully saturated rings. The molecule has 1 N–H and O–H groups in total. The SMILES string of the molecule is CC(C)c1ccc(O)c(C(C)(C)CC(C)(C)C)c1. The summed E-state index contributed by atoms with van der Waals surface area (Å²) in [5.41, 5.74) is 2.62. The monoisotopic (exact) mass is 248 g/mol. The summed E-state index contributed by atoms with van der Waals surface area (Å²) < 4.78 is 0. The summed E-state index contributed by atoms with van der Waals surface area (Å²) in [6.45, 7) is 15.6. The zero-order valence-corrected chi connectivity index (χ0v) is 13.0. The molecule has 0 aliphatic rings. The number of hydrogen-bond donors (Lipinski definition) is 1. The van der Waals surface area contributed by atoms with Crippen molar-refractivity contribution in [3.63, 3.8) is 0 Å². The smallest absolute Gasteiger partial charge is 0.119 e. The molecule has 1 heteroatoms. The van der Waals surface area contributed by atoms with Crippen LogP contribution in [-0.4, -0.2) is 5.11 Å². The largest absolute Gasteiger partial charge is 0.508 e. The van der Waals surface area contributed by atoms with Crippen molar-refractivity contribution in [1.29, 1.82) is 0 Å². The van der Waals surface area contributed by atoms with E-state index in [0.717, 1.165) is 12.0 Å². The molecule has 0 aromatic heterocycles. The van der Waals surface area contributed by atoms with Crippen molar-refractivity contribution < 1.29 is 5.11 Å². The van der Waals surface area contributed by atoms with Crippen LogP contribution in [0.15, 0.2) is 18.2 Å². The Morgan fingerprint density at radius 3 is 2.06 bits per heavy atom. The third-order valence-electron chi connectivity index (χ3n) is 3.39. The Labute approximate surface area is 112 Å². The van der Waals surface area contributed by atoms with Crippen LogP contribution in [0.25, 0.3) is 0 Å². The van der Waals surface area contributed by atoms with Crippen LogP contribution in [-0.2, 0) is 5.41 Å². The fourth-order valence-corrected chi connectivity index (χ4v) is 2.88. The van der Waals surface area contributed by atoms with Gasteiger partial charge in [-0.1, -0.05) is 60.6 Å². The Morgan fingerprint density at radius 1 is 1.06 bits per heavy atom. The van der Waals surface area contributed by atoms with E-state index in [9.17, 15) is 5.11 Å². The van der Waals surface area contributed by atoms with Crippen molar-refractivity contribution in [3.05, 3.63) is 29.3 Å². The van der Waals surface area contributed by atoms with E-state index in [1.165, 1.54) is 5.56 Å². The maximum atomic E-state index is 10.1. The van der Waals surface area contributed by atoms with Gasteiger partial charge in [0, 0.05) is 0 Å². The van der Waals surface area contributed by atoms with Gasteiger partial charge in [0.2, 0.25) is 0 Å². The van der Waals surface area contributed by atoms with E-state index in [1.54, 1.807) is 0 Å². The molecule has 0 spiro atoms. The second-order valence-electron chi connectivity index (χ2n) is 7.55. The van der Waals surface area contributed by atoms with Gasteiger partial charge in [0.15, 0.2) is 0 Å². The van der Waals surface area contributed by atoms with Crippen molar-refractivity contribution in [2.75, 3.05) is 0 Å². The minimum atomic E-state index is -0.00671. The van der Waals surface area contributed by atoms with E-state index in [-0.39, 0.29) is 10.8 Å². The van der Waals surface area contributed by atoms with Crippen molar-refractivity contribution in [3.8, 4) is 5.75 Å². The maximum Gasteiger partial charge on any atom is 0.119 e. The van der Waals surface area contributed by atoms with Crippen molar-refractivity contribution in [2.24, 2.45) is 5.41 Å². The minimum Gasteiger partial charge on any atom is -0.508 e. The molecule has 102 valence electrons. The molecule has 0 aliphatic heterocycles. The molecule has 0 saturated carbocycles. The van der Waals surface area contributed by atoms with Gasteiger partial charge in [0.1, 0.15) is 5.75 Å². The molecule has 1 rings (SSSR count). The van der Waals surface area contributed by atoms with Gasteiger partial charge >= 0.3 is 0 Å². The lowest BCUT2D eigenvalue weighted by molar-refractivity contribution is 0.278. The van der Waals surface area contributed by atoms with Gasteiger partial charge in [0.05, 0.1) is 0 Å². The number of phenols is 1. The van der Waals surface area contributed by atoms with Crippen LogP contribution in [0.1, 0.15) is 71.9 Å². The number of hydrogen-bond acceptors (Lipinski definition) is 1. The summed E-state index contributed by atoms with van der Waals surface area (Å²) in [4.78, 5) is 0. The van der Waals surface area contributed by atoms with Crippen LogP contribution in [0, 0.1) is 5.41 Å². The summed E-state index contributed by atoms with van der Waals surface area (Å²) in [5.74, 6) is 0.920.